The minimum atomic E-state index is -0.942. The van der Waals surface area contributed by atoms with E-state index in [2.05, 4.69) is 4.99 Å². The molecule has 1 aromatic rings. The van der Waals surface area contributed by atoms with Crippen LogP contribution in [0.1, 0.15) is 46.6 Å². The Labute approximate surface area is 188 Å². The molecule has 1 heterocycles. The van der Waals surface area contributed by atoms with E-state index < -0.39 is 35.7 Å². The highest BCUT2D eigenvalue weighted by Gasteiger charge is 2.44. The van der Waals surface area contributed by atoms with E-state index in [9.17, 15) is 19.5 Å². The van der Waals surface area contributed by atoms with Gasteiger partial charge in [-0.15, -0.1) is 0 Å². The van der Waals surface area contributed by atoms with Gasteiger partial charge in [0.2, 0.25) is 0 Å². The van der Waals surface area contributed by atoms with Crippen LogP contribution >= 0.6 is 0 Å². The van der Waals surface area contributed by atoms with Crippen molar-refractivity contribution in [3.8, 4) is 0 Å². The summed E-state index contributed by atoms with van der Waals surface area (Å²) in [5.41, 5.74) is -0.140. The van der Waals surface area contributed by atoms with E-state index in [4.69, 9.17) is 9.47 Å². The van der Waals surface area contributed by atoms with E-state index in [0.717, 1.165) is 16.7 Å². The molecule has 0 saturated carbocycles. The van der Waals surface area contributed by atoms with E-state index in [1.807, 2.05) is 44.2 Å². The lowest BCUT2D eigenvalue weighted by molar-refractivity contribution is -0.142. The number of ether oxygens (including phenoxy) is 2. The Hall–Kier alpha value is -3.16. The highest BCUT2D eigenvalue weighted by molar-refractivity contribution is 6.19. The lowest BCUT2D eigenvalue weighted by atomic mass is 10.0. The van der Waals surface area contributed by atoms with Crippen molar-refractivity contribution in [1.29, 1.82) is 0 Å². The number of aliphatic hydroxyl groups excluding tert-OH is 1. The molecule has 0 saturated heterocycles. The molecule has 0 aromatic heterocycles. The van der Waals surface area contributed by atoms with Crippen LogP contribution in [-0.4, -0.2) is 59.0 Å². The fourth-order valence-electron chi connectivity index (χ4n) is 3.32. The zero-order valence-corrected chi connectivity index (χ0v) is 19.5. The second kappa shape index (κ2) is 10.4. The summed E-state index contributed by atoms with van der Waals surface area (Å²) in [7, 11) is 1.27. The van der Waals surface area contributed by atoms with E-state index in [1.165, 1.54) is 7.11 Å². The molecule has 1 N–H and O–H groups in total. The van der Waals surface area contributed by atoms with Crippen molar-refractivity contribution in [2.75, 3.05) is 7.11 Å². The van der Waals surface area contributed by atoms with Gasteiger partial charge in [0.05, 0.1) is 12.7 Å². The number of rotatable bonds is 7. The van der Waals surface area contributed by atoms with Gasteiger partial charge in [0.15, 0.2) is 0 Å². The van der Waals surface area contributed by atoms with Crippen molar-refractivity contribution in [2.24, 2.45) is 10.9 Å². The van der Waals surface area contributed by atoms with E-state index in [0.29, 0.717) is 6.42 Å². The highest BCUT2D eigenvalue weighted by atomic mass is 16.6. The second-order valence-electron chi connectivity index (χ2n) is 9.11. The maximum Gasteiger partial charge on any atom is 0.418 e. The molecule has 0 aliphatic carbocycles. The van der Waals surface area contributed by atoms with Crippen LogP contribution in [0.15, 0.2) is 46.7 Å². The number of hydrogen-bond acceptors (Lipinski definition) is 7. The maximum absolute atomic E-state index is 13.1. The molecule has 2 amide bonds. The maximum atomic E-state index is 13.1. The minimum absolute atomic E-state index is 0.144. The molecule has 1 aliphatic rings. The Balaban J connectivity index is 2.41. The number of amides is 2. The third kappa shape index (κ3) is 6.42. The zero-order chi connectivity index (χ0) is 24.1. The molecule has 0 bridgehead atoms. The van der Waals surface area contributed by atoms with E-state index >= 15 is 0 Å². The molecule has 0 radical (unpaired) electrons. The third-order valence-electron chi connectivity index (χ3n) is 4.77. The van der Waals surface area contributed by atoms with Crippen molar-refractivity contribution in [2.45, 2.75) is 65.1 Å². The summed E-state index contributed by atoms with van der Waals surface area (Å²) in [5, 5.41) is 10.9. The Morgan fingerprint density at radius 3 is 2.38 bits per heavy atom. The van der Waals surface area contributed by atoms with Crippen LogP contribution < -0.4 is 0 Å². The van der Waals surface area contributed by atoms with Crippen LogP contribution in [0.4, 0.5) is 4.79 Å². The minimum Gasteiger partial charge on any atom is -0.509 e. The van der Waals surface area contributed by atoms with Crippen molar-refractivity contribution >= 4 is 24.2 Å². The molecule has 0 fully saturated rings. The van der Waals surface area contributed by atoms with Gasteiger partial charge in [-0.1, -0.05) is 44.2 Å². The first-order valence-electron chi connectivity index (χ1n) is 10.6. The zero-order valence-electron chi connectivity index (χ0n) is 19.5. The fraction of sp³-hybridized carbons (Fsp3) is 0.500. The van der Waals surface area contributed by atoms with Crippen LogP contribution in [0.5, 0.6) is 0 Å². The summed E-state index contributed by atoms with van der Waals surface area (Å²) in [4.78, 5) is 43.1. The number of carbonyl (C=O) groups is 3. The van der Waals surface area contributed by atoms with Crippen molar-refractivity contribution in [1.82, 2.24) is 4.90 Å². The molecular weight excluding hydrogens is 412 g/mol. The number of carbonyl (C=O) groups excluding carboxylic acids is 3. The normalized spacial score (nSPS) is 17.9. The average molecular weight is 445 g/mol. The lowest BCUT2D eigenvalue weighted by Crippen LogP contribution is -2.45. The van der Waals surface area contributed by atoms with Crippen LogP contribution in [0.25, 0.3) is 0 Å². The van der Waals surface area contributed by atoms with E-state index in [1.54, 1.807) is 20.8 Å². The Morgan fingerprint density at radius 2 is 1.84 bits per heavy atom. The number of methoxy groups -OCH3 is 1. The Kier molecular flexibility index (Phi) is 8.19. The predicted molar refractivity (Wildman–Crippen MR) is 120 cm³/mol. The lowest BCUT2D eigenvalue weighted by Gasteiger charge is -2.27. The molecule has 2 rings (SSSR count). The molecule has 1 aromatic carbocycles. The molecule has 174 valence electrons. The SMILES string of the molecule is COC(=O)[C@H](CC(C)C)N=CC1=C(O)[C@H](Cc2ccccc2)N(C(=O)OC(C)(C)C)C1=O. The van der Waals surface area contributed by atoms with Gasteiger partial charge in [-0.25, -0.2) is 14.5 Å². The van der Waals surface area contributed by atoms with Gasteiger partial charge in [-0.05, 0) is 38.7 Å². The summed E-state index contributed by atoms with van der Waals surface area (Å²) in [6.07, 6.45) is 0.921. The van der Waals surface area contributed by atoms with Gasteiger partial charge in [-0.3, -0.25) is 9.79 Å². The Bertz CT molecular complexity index is 899. The number of aliphatic imine (C=N–C) groups is 1. The number of esters is 1. The van der Waals surface area contributed by atoms with Crippen LogP contribution in [0.3, 0.4) is 0 Å². The topological polar surface area (TPSA) is 106 Å². The fourth-order valence-corrected chi connectivity index (χ4v) is 3.32. The van der Waals surface area contributed by atoms with Gasteiger partial charge in [0.1, 0.15) is 23.4 Å². The van der Waals surface area contributed by atoms with Crippen LogP contribution in [0.2, 0.25) is 0 Å². The van der Waals surface area contributed by atoms with Gasteiger partial charge in [0, 0.05) is 12.6 Å². The summed E-state index contributed by atoms with van der Waals surface area (Å²) in [6, 6.07) is 7.43. The first-order chi connectivity index (χ1) is 14.9. The van der Waals surface area contributed by atoms with Gasteiger partial charge in [-0.2, -0.15) is 0 Å². The summed E-state index contributed by atoms with van der Waals surface area (Å²) >= 11 is 0. The number of imide groups is 1. The molecule has 0 spiro atoms. The number of benzene rings is 1. The van der Waals surface area contributed by atoms with Crippen molar-refractivity contribution < 1.29 is 29.0 Å². The highest BCUT2D eigenvalue weighted by Crippen LogP contribution is 2.28. The van der Waals surface area contributed by atoms with Gasteiger partial charge >= 0.3 is 12.1 Å². The molecule has 8 nitrogen and oxygen atoms in total. The van der Waals surface area contributed by atoms with Gasteiger partial charge < -0.3 is 14.6 Å². The Morgan fingerprint density at radius 1 is 1.22 bits per heavy atom. The first kappa shape index (κ1) is 25.1. The summed E-state index contributed by atoms with van der Waals surface area (Å²) in [6.45, 7) is 8.95. The first-order valence-corrected chi connectivity index (χ1v) is 10.6. The number of aliphatic hydroxyl groups is 1. The largest absolute Gasteiger partial charge is 0.509 e. The predicted octanol–water partition coefficient (Wildman–Crippen LogP) is 3.85. The summed E-state index contributed by atoms with van der Waals surface area (Å²) in [5.74, 6) is -1.40. The molecule has 32 heavy (non-hydrogen) atoms. The van der Waals surface area contributed by atoms with E-state index in [-0.39, 0.29) is 23.7 Å². The van der Waals surface area contributed by atoms with Crippen molar-refractivity contribution in [3.05, 3.63) is 47.2 Å². The third-order valence-corrected chi connectivity index (χ3v) is 4.77. The second-order valence-corrected chi connectivity index (χ2v) is 9.11. The number of hydrogen-bond donors (Lipinski definition) is 1. The van der Waals surface area contributed by atoms with Crippen molar-refractivity contribution in [3.63, 3.8) is 0 Å². The number of nitrogens with zero attached hydrogens (tertiary/aromatic N) is 2. The standard InChI is InChI=1S/C24H32N2O6/c1-15(2)12-18(22(29)31-6)25-14-17-20(27)19(13-16-10-8-7-9-11-16)26(21(17)28)23(30)32-24(3,4)5/h7-11,14-15,18-19,27H,12-13H2,1-6H3/t18-,19-/m0/s1. The molecule has 2 atom stereocenters. The molecule has 1 aliphatic heterocycles. The van der Waals surface area contributed by atoms with Crippen LogP contribution in [0, 0.1) is 5.92 Å². The molecule has 8 heteroatoms. The average Bonchev–Trinajstić information content (AvgIpc) is 2.93. The molecule has 0 unspecified atom stereocenters. The van der Waals surface area contributed by atoms with Gasteiger partial charge in [0.25, 0.3) is 5.91 Å². The summed E-state index contributed by atoms with van der Waals surface area (Å²) < 4.78 is 10.2. The monoisotopic (exact) mass is 444 g/mol. The molecular formula is C24H32N2O6. The quantitative estimate of drug-likeness (QED) is 0.506. The van der Waals surface area contributed by atoms with Crippen LogP contribution in [-0.2, 0) is 25.5 Å². The smallest absolute Gasteiger partial charge is 0.418 e.